The van der Waals surface area contributed by atoms with Gasteiger partial charge in [-0.3, -0.25) is 0 Å². The van der Waals surface area contributed by atoms with E-state index in [2.05, 4.69) is 42.9 Å². The van der Waals surface area contributed by atoms with Crippen LogP contribution in [0.3, 0.4) is 0 Å². The number of rotatable bonds is 4. The zero-order valence-electron chi connectivity index (χ0n) is 16.1. The lowest BCUT2D eigenvalue weighted by atomic mass is 9.98. The van der Waals surface area contributed by atoms with Crippen molar-refractivity contribution in [1.29, 1.82) is 5.26 Å². The highest BCUT2D eigenvalue weighted by Crippen LogP contribution is 2.42. The van der Waals surface area contributed by atoms with Gasteiger partial charge in [-0.05, 0) is 35.7 Å². The normalized spacial score (nSPS) is 11.0. The van der Waals surface area contributed by atoms with Crippen LogP contribution in [0.4, 0.5) is 5.88 Å². The molecule has 1 aromatic heterocycles. The number of halogens is 2. The van der Waals surface area contributed by atoms with E-state index in [4.69, 9.17) is 4.42 Å². The summed E-state index contributed by atoms with van der Waals surface area (Å²) in [7, 11) is 0. The van der Waals surface area contributed by atoms with E-state index in [1.54, 1.807) is 6.21 Å². The Bertz CT molecular complexity index is 1250. The summed E-state index contributed by atoms with van der Waals surface area (Å²) in [6.07, 6.45) is 1.71. The third-order valence-electron chi connectivity index (χ3n) is 4.73. The second kappa shape index (κ2) is 8.83. The molecule has 146 valence electrons. The summed E-state index contributed by atoms with van der Waals surface area (Å²) < 4.78 is 8.10. The van der Waals surface area contributed by atoms with E-state index >= 15 is 0 Å². The van der Waals surface area contributed by atoms with E-state index in [1.807, 2.05) is 79.7 Å². The molecule has 0 fully saturated rings. The SMILES string of the molecule is Cc1c(Br)cc(C=Nc2oc(-c3ccccc3)c(-c3ccccc3)c2C#N)cc1Br. The maximum atomic E-state index is 9.94. The van der Waals surface area contributed by atoms with E-state index in [1.165, 1.54) is 0 Å². The average molecular weight is 520 g/mol. The molecule has 0 saturated heterocycles. The van der Waals surface area contributed by atoms with Crippen LogP contribution in [-0.4, -0.2) is 6.21 Å². The molecule has 0 bridgehead atoms. The Kier molecular flexibility index (Phi) is 5.98. The second-order valence-corrected chi connectivity index (χ2v) is 8.41. The summed E-state index contributed by atoms with van der Waals surface area (Å²) >= 11 is 7.12. The molecule has 5 heteroatoms. The van der Waals surface area contributed by atoms with Gasteiger partial charge in [0, 0.05) is 26.3 Å². The molecule has 0 aliphatic carbocycles. The molecule has 0 amide bonds. The molecule has 0 spiro atoms. The number of furan rings is 1. The first-order valence-electron chi connectivity index (χ1n) is 9.26. The van der Waals surface area contributed by atoms with Gasteiger partial charge < -0.3 is 4.42 Å². The average Bonchev–Trinajstić information content (AvgIpc) is 3.15. The Morgan fingerprint density at radius 1 is 0.900 bits per heavy atom. The third-order valence-corrected chi connectivity index (χ3v) is 6.38. The summed E-state index contributed by atoms with van der Waals surface area (Å²) in [4.78, 5) is 4.54. The molecule has 0 radical (unpaired) electrons. The molecule has 0 atom stereocenters. The molecular weight excluding hydrogens is 504 g/mol. The molecule has 0 aliphatic rings. The van der Waals surface area contributed by atoms with Gasteiger partial charge in [0.2, 0.25) is 5.88 Å². The molecule has 1 heterocycles. The first-order chi connectivity index (χ1) is 14.6. The van der Waals surface area contributed by atoms with Crippen LogP contribution in [0.25, 0.3) is 22.5 Å². The molecule has 0 N–H and O–H groups in total. The molecular formula is C25H16Br2N2O. The van der Waals surface area contributed by atoms with Crippen molar-refractivity contribution in [1.82, 2.24) is 0 Å². The van der Waals surface area contributed by atoms with Crippen LogP contribution in [0.5, 0.6) is 0 Å². The van der Waals surface area contributed by atoms with Crippen LogP contribution in [0.2, 0.25) is 0 Å². The van der Waals surface area contributed by atoms with Crippen LogP contribution in [-0.2, 0) is 0 Å². The number of nitriles is 1. The predicted molar refractivity (Wildman–Crippen MR) is 128 cm³/mol. The smallest absolute Gasteiger partial charge is 0.238 e. The van der Waals surface area contributed by atoms with Crippen molar-refractivity contribution in [2.24, 2.45) is 4.99 Å². The summed E-state index contributed by atoms with van der Waals surface area (Å²) in [5, 5.41) is 9.94. The van der Waals surface area contributed by atoms with Gasteiger partial charge in [-0.2, -0.15) is 5.26 Å². The zero-order chi connectivity index (χ0) is 21.1. The first kappa shape index (κ1) is 20.3. The van der Waals surface area contributed by atoms with Gasteiger partial charge in [-0.25, -0.2) is 4.99 Å². The van der Waals surface area contributed by atoms with Gasteiger partial charge in [0.15, 0.2) is 0 Å². The summed E-state index contributed by atoms with van der Waals surface area (Å²) in [6, 6.07) is 25.8. The maximum Gasteiger partial charge on any atom is 0.238 e. The lowest BCUT2D eigenvalue weighted by Gasteiger charge is -2.03. The molecule has 4 rings (SSSR count). The highest BCUT2D eigenvalue weighted by Gasteiger charge is 2.22. The van der Waals surface area contributed by atoms with Crippen molar-refractivity contribution in [2.45, 2.75) is 6.92 Å². The topological polar surface area (TPSA) is 49.3 Å². The summed E-state index contributed by atoms with van der Waals surface area (Å²) in [6.45, 7) is 2.02. The van der Waals surface area contributed by atoms with E-state index in [0.717, 1.165) is 36.8 Å². The van der Waals surface area contributed by atoms with Crippen LogP contribution in [0.1, 0.15) is 16.7 Å². The lowest BCUT2D eigenvalue weighted by Crippen LogP contribution is -1.86. The largest absolute Gasteiger partial charge is 0.436 e. The number of hydrogen-bond acceptors (Lipinski definition) is 3. The molecule has 3 aromatic carbocycles. The van der Waals surface area contributed by atoms with Gasteiger partial charge >= 0.3 is 0 Å². The van der Waals surface area contributed by atoms with Crippen LogP contribution in [0.15, 0.2) is 91.2 Å². The molecule has 0 aliphatic heterocycles. The van der Waals surface area contributed by atoms with Crippen molar-refractivity contribution < 1.29 is 4.42 Å². The Balaban J connectivity index is 1.87. The predicted octanol–water partition coefficient (Wildman–Crippen LogP) is 8.07. The third kappa shape index (κ3) is 4.02. The number of aliphatic imine (C=N–C) groups is 1. The Hall–Kier alpha value is -2.94. The zero-order valence-corrected chi connectivity index (χ0v) is 19.2. The number of benzene rings is 3. The lowest BCUT2D eigenvalue weighted by molar-refractivity contribution is 0.593. The fourth-order valence-corrected chi connectivity index (χ4v) is 4.38. The highest BCUT2D eigenvalue weighted by atomic mass is 79.9. The summed E-state index contributed by atoms with van der Waals surface area (Å²) in [5.41, 5.74) is 4.99. The minimum absolute atomic E-state index is 0.294. The Labute approximate surface area is 192 Å². The molecule has 0 unspecified atom stereocenters. The molecule has 30 heavy (non-hydrogen) atoms. The van der Waals surface area contributed by atoms with Crippen molar-refractivity contribution in [3.63, 3.8) is 0 Å². The van der Waals surface area contributed by atoms with Crippen LogP contribution < -0.4 is 0 Å². The highest BCUT2D eigenvalue weighted by molar-refractivity contribution is 9.11. The maximum absolute atomic E-state index is 9.94. The second-order valence-electron chi connectivity index (χ2n) is 6.70. The van der Waals surface area contributed by atoms with Crippen molar-refractivity contribution in [2.75, 3.05) is 0 Å². The quantitative estimate of drug-likeness (QED) is 0.256. The number of nitrogens with zero attached hydrogens (tertiary/aromatic N) is 2. The van der Waals surface area contributed by atoms with Crippen molar-refractivity contribution in [3.8, 4) is 28.5 Å². The van der Waals surface area contributed by atoms with Gasteiger partial charge in [-0.15, -0.1) is 0 Å². The van der Waals surface area contributed by atoms with Gasteiger partial charge in [-0.1, -0.05) is 92.5 Å². The van der Waals surface area contributed by atoms with Crippen molar-refractivity contribution >= 4 is 44.0 Å². The number of hydrogen-bond donors (Lipinski definition) is 0. The Morgan fingerprint density at radius 3 is 2.03 bits per heavy atom. The van der Waals surface area contributed by atoms with E-state index < -0.39 is 0 Å². The fourth-order valence-electron chi connectivity index (χ4n) is 3.16. The Morgan fingerprint density at radius 2 is 1.47 bits per heavy atom. The van der Waals surface area contributed by atoms with E-state index in [0.29, 0.717) is 17.2 Å². The molecule has 4 aromatic rings. The standard InChI is InChI=1S/C25H16Br2N2O/c1-16-21(26)12-17(13-22(16)27)15-29-25-20(14-28)23(18-8-4-2-5-9-18)24(30-25)19-10-6-3-7-11-19/h2-13,15H,1H3. The van der Waals surface area contributed by atoms with E-state index in [9.17, 15) is 5.26 Å². The molecule has 0 saturated carbocycles. The van der Waals surface area contributed by atoms with Gasteiger partial charge in [0.1, 0.15) is 17.4 Å². The minimum Gasteiger partial charge on any atom is -0.436 e. The van der Waals surface area contributed by atoms with Gasteiger partial charge in [0.05, 0.1) is 0 Å². The minimum atomic E-state index is 0.294. The fraction of sp³-hybridized carbons (Fsp3) is 0.0400. The molecule has 3 nitrogen and oxygen atoms in total. The summed E-state index contributed by atoms with van der Waals surface area (Å²) in [5.74, 6) is 0.930. The first-order valence-corrected chi connectivity index (χ1v) is 10.8. The van der Waals surface area contributed by atoms with Gasteiger partial charge in [0.25, 0.3) is 0 Å². The van der Waals surface area contributed by atoms with Crippen LogP contribution in [0, 0.1) is 18.3 Å². The van der Waals surface area contributed by atoms with Crippen LogP contribution >= 0.6 is 31.9 Å². The van der Waals surface area contributed by atoms with E-state index in [-0.39, 0.29) is 0 Å². The van der Waals surface area contributed by atoms with Crippen molar-refractivity contribution in [3.05, 3.63) is 98.4 Å². The monoisotopic (exact) mass is 518 g/mol.